The maximum Gasteiger partial charge on any atom is 0.280 e. The average Bonchev–Trinajstić information content (AvgIpc) is 2.75. The van der Waals surface area contributed by atoms with Crippen molar-refractivity contribution >= 4 is 5.91 Å². The fourth-order valence-corrected chi connectivity index (χ4v) is 2.48. The number of hydrogen-bond donors (Lipinski definition) is 0. The number of rotatable bonds is 8. The van der Waals surface area contributed by atoms with Gasteiger partial charge in [0.1, 0.15) is 0 Å². The summed E-state index contributed by atoms with van der Waals surface area (Å²) in [5, 5.41) is 1.37. The van der Waals surface area contributed by atoms with Crippen LogP contribution in [0.5, 0.6) is 0 Å². The number of carbonyl (C=O) groups is 1. The monoisotopic (exact) mass is 277 g/mol. The van der Waals surface area contributed by atoms with E-state index in [1.165, 1.54) is 24.3 Å². The molecule has 1 unspecified atom stereocenters. The van der Waals surface area contributed by atoms with Crippen molar-refractivity contribution in [3.8, 4) is 0 Å². The average molecular weight is 277 g/mol. The Labute approximate surface area is 120 Å². The Kier molecular flexibility index (Phi) is 5.56. The maximum absolute atomic E-state index is 12.3. The molecular formula is C16H23NO3. The number of nitrogens with zero attached hydrogens (tertiary/aromatic N) is 1. The number of methoxy groups -OCH3 is 1. The van der Waals surface area contributed by atoms with Crippen molar-refractivity contribution < 1.29 is 14.4 Å². The minimum Gasteiger partial charge on any atom is -0.355 e. The van der Waals surface area contributed by atoms with E-state index >= 15 is 0 Å². The van der Waals surface area contributed by atoms with Crippen LogP contribution in [-0.2, 0) is 9.57 Å². The second-order valence-electron chi connectivity index (χ2n) is 5.05. The first-order valence-electron chi connectivity index (χ1n) is 7.37. The van der Waals surface area contributed by atoms with Gasteiger partial charge in [-0.1, -0.05) is 50.8 Å². The molecule has 1 amide bonds. The van der Waals surface area contributed by atoms with Crippen molar-refractivity contribution in [3.63, 3.8) is 0 Å². The molecule has 1 aromatic carbocycles. The predicted molar refractivity (Wildman–Crippen MR) is 77.1 cm³/mol. The van der Waals surface area contributed by atoms with Gasteiger partial charge in [0.2, 0.25) is 0 Å². The Hall–Kier alpha value is -1.39. The molecule has 0 radical (unpaired) electrons. The van der Waals surface area contributed by atoms with Gasteiger partial charge in [0.15, 0.2) is 6.23 Å². The van der Waals surface area contributed by atoms with Crippen LogP contribution >= 0.6 is 0 Å². The van der Waals surface area contributed by atoms with Gasteiger partial charge in [0.25, 0.3) is 5.91 Å². The van der Waals surface area contributed by atoms with E-state index in [0.717, 1.165) is 18.4 Å². The van der Waals surface area contributed by atoms with Gasteiger partial charge in [-0.15, -0.1) is 0 Å². The third kappa shape index (κ3) is 3.19. The summed E-state index contributed by atoms with van der Waals surface area (Å²) in [5.74, 6) is -0.110. The minimum atomic E-state index is -0.422. The van der Waals surface area contributed by atoms with Crippen LogP contribution in [0.25, 0.3) is 0 Å². The van der Waals surface area contributed by atoms with Gasteiger partial charge in [-0.25, -0.2) is 0 Å². The first-order valence-corrected chi connectivity index (χ1v) is 7.37. The van der Waals surface area contributed by atoms with E-state index in [1.807, 2.05) is 24.3 Å². The number of hydrogen-bond acceptors (Lipinski definition) is 3. The largest absolute Gasteiger partial charge is 0.355 e. The molecule has 2 rings (SSSR count). The molecule has 4 nitrogen and oxygen atoms in total. The summed E-state index contributed by atoms with van der Waals surface area (Å²) in [7, 11) is 1.59. The van der Waals surface area contributed by atoms with Gasteiger partial charge in [-0.2, -0.15) is 5.06 Å². The van der Waals surface area contributed by atoms with Crippen molar-refractivity contribution in [2.24, 2.45) is 0 Å². The highest BCUT2D eigenvalue weighted by Crippen LogP contribution is 2.33. The zero-order valence-electron chi connectivity index (χ0n) is 12.3. The number of unbranched alkanes of at least 4 members (excludes halogenated alkanes) is 4. The predicted octanol–water partition coefficient (Wildman–Crippen LogP) is 3.69. The minimum absolute atomic E-state index is 0.110. The zero-order chi connectivity index (χ0) is 14.4. The Bertz CT molecular complexity index is 447. The van der Waals surface area contributed by atoms with Crippen LogP contribution in [0.1, 0.15) is 61.2 Å². The van der Waals surface area contributed by atoms with Crippen LogP contribution < -0.4 is 0 Å². The van der Waals surface area contributed by atoms with Crippen molar-refractivity contribution in [1.82, 2.24) is 5.06 Å². The molecule has 0 fully saturated rings. The van der Waals surface area contributed by atoms with Crippen molar-refractivity contribution in [2.75, 3.05) is 13.7 Å². The van der Waals surface area contributed by atoms with E-state index in [9.17, 15) is 4.79 Å². The topological polar surface area (TPSA) is 38.8 Å². The lowest BCUT2D eigenvalue weighted by atomic mass is 10.1. The maximum atomic E-state index is 12.3. The lowest BCUT2D eigenvalue weighted by Crippen LogP contribution is -2.29. The molecule has 1 aliphatic rings. The van der Waals surface area contributed by atoms with Crippen LogP contribution in [0.15, 0.2) is 24.3 Å². The van der Waals surface area contributed by atoms with Gasteiger partial charge in [0, 0.05) is 18.2 Å². The third-order valence-corrected chi connectivity index (χ3v) is 3.57. The Balaban J connectivity index is 1.88. The summed E-state index contributed by atoms with van der Waals surface area (Å²) < 4.78 is 5.40. The first kappa shape index (κ1) is 15.0. The van der Waals surface area contributed by atoms with Gasteiger partial charge in [-0.05, 0) is 12.5 Å². The number of hydroxylamine groups is 2. The Morgan fingerprint density at radius 3 is 2.65 bits per heavy atom. The highest BCUT2D eigenvalue weighted by atomic mass is 16.7. The third-order valence-electron chi connectivity index (χ3n) is 3.57. The standard InChI is InChI=1S/C16H23NO3/c1-3-4-5-6-9-12-20-17-15(18)13-10-7-8-11-14(13)16(17)19-2/h7-8,10-11,16H,3-6,9,12H2,1-2H3. The van der Waals surface area contributed by atoms with Crippen molar-refractivity contribution in [3.05, 3.63) is 35.4 Å². The van der Waals surface area contributed by atoms with E-state index in [-0.39, 0.29) is 5.91 Å². The van der Waals surface area contributed by atoms with Crippen LogP contribution in [0, 0.1) is 0 Å². The second kappa shape index (κ2) is 7.41. The lowest BCUT2D eigenvalue weighted by molar-refractivity contribution is -0.208. The summed E-state index contributed by atoms with van der Waals surface area (Å²) >= 11 is 0. The van der Waals surface area contributed by atoms with Crippen molar-refractivity contribution in [2.45, 2.75) is 45.3 Å². The summed E-state index contributed by atoms with van der Waals surface area (Å²) in [4.78, 5) is 17.9. The van der Waals surface area contributed by atoms with E-state index < -0.39 is 6.23 Å². The van der Waals surface area contributed by atoms with E-state index in [1.54, 1.807) is 7.11 Å². The molecule has 1 aliphatic heterocycles. The highest BCUT2D eigenvalue weighted by molar-refractivity contribution is 5.98. The molecule has 0 bridgehead atoms. The van der Waals surface area contributed by atoms with E-state index in [0.29, 0.717) is 12.2 Å². The number of amides is 1. The molecule has 110 valence electrons. The molecule has 1 aromatic rings. The molecule has 1 atom stereocenters. The molecule has 0 aromatic heterocycles. The van der Waals surface area contributed by atoms with E-state index in [2.05, 4.69) is 6.92 Å². The molecule has 1 heterocycles. The quantitative estimate of drug-likeness (QED) is 0.680. The highest BCUT2D eigenvalue weighted by Gasteiger charge is 2.37. The van der Waals surface area contributed by atoms with Crippen LogP contribution in [-0.4, -0.2) is 24.7 Å². The zero-order valence-corrected chi connectivity index (χ0v) is 12.3. The van der Waals surface area contributed by atoms with Crippen LogP contribution in [0.3, 0.4) is 0 Å². The summed E-state index contributed by atoms with van der Waals surface area (Å²) in [6, 6.07) is 7.49. The number of benzene rings is 1. The SMILES string of the molecule is CCCCCCCON1C(=O)c2ccccc2C1OC. The fourth-order valence-electron chi connectivity index (χ4n) is 2.48. The van der Waals surface area contributed by atoms with Gasteiger partial charge in [-0.3, -0.25) is 9.63 Å². The summed E-state index contributed by atoms with van der Waals surface area (Å²) in [6.45, 7) is 2.75. The van der Waals surface area contributed by atoms with Crippen LogP contribution in [0.4, 0.5) is 0 Å². The number of fused-ring (bicyclic) bond motifs is 1. The molecule has 4 heteroatoms. The number of ether oxygens (including phenoxy) is 1. The number of carbonyl (C=O) groups excluding carboxylic acids is 1. The molecular weight excluding hydrogens is 254 g/mol. The first-order chi connectivity index (χ1) is 9.79. The lowest BCUT2D eigenvalue weighted by Gasteiger charge is -2.22. The van der Waals surface area contributed by atoms with Gasteiger partial charge >= 0.3 is 0 Å². The fraction of sp³-hybridized carbons (Fsp3) is 0.562. The van der Waals surface area contributed by atoms with E-state index in [4.69, 9.17) is 9.57 Å². The molecule has 0 spiro atoms. The van der Waals surface area contributed by atoms with Crippen molar-refractivity contribution in [1.29, 1.82) is 0 Å². The molecule has 0 aliphatic carbocycles. The summed E-state index contributed by atoms with van der Waals surface area (Å²) in [6.07, 6.45) is 5.40. The Morgan fingerprint density at radius 2 is 1.90 bits per heavy atom. The Morgan fingerprint density at radius 1 is 1.15 bits per heavy atom. The molecule has 0 saturated heterocycles. The van der Waals surface area contributed by atoms with Crippen LogP contribution in [0.2, 0.25) is 0 Å². The van der Waals surface area contributed by atoms with Gasteiger partial charge in [0.05, 0.1) is 6.61 Å². The molecule has 0 saturated carbocycles. The van der Waals surface area contributed by atoms with Gasteiger partial charge < -0.3 is 4.74 Å². The normalized spacial score (nSPS) is 17.6. The smallest absolute Gasteiger partial charge is 0.280 e. The summed E-state index contributed by atoms with van der Waals surface area (Å²) in [5.41, 5.74) is 1.55. The molecule has 20 heavy (non-hydrogen) atoms. The second-order valence-corrected chi connectivity index (χ2v) is 5.05. The molecule has 0 N–H and O–H groups in total.